The lowest BCUT2D eigenvalue weighted by molar-refractivity contribution is 0.357. The second kappa shape index (κ2) is 7.21. The maximum absolute atomic E-state index is 13.9. The summed E-state index contributed by atoms with van der Waals surface area (Å²) in [5.74, 6) is -0.635. The fourth-order valence-corrected chi connectivity index (χ4v) is 4.15. The summed E-state index contributed by atoms with van der Waals surface area (Å²) in [7, 11) is 2.94. The van der Waals surface area contributed by atoms with Crippen LogP contribution in [-0.2, 0) is 0 Å². The zero-order valence-corrected chi connectivity index (χ0v) is 16.7. The van der Waals surface area contributed by atoms with Crippen molar-refractivity contribution in [2.75, 3.05) is 14.2 Å². The Hall–Kier alpha value is -3.39. The van der Waals surface area contributed by atoms with E-state index in [1.165, 1.54) is 24.5 Å². The van der Waals surface area contributed by atoms with Crippen LogP contribution in [0.15, 0.2) is 41.2 Å². The molecule has 8 heteroatoms. The van der Waals surface area contributed by atoms with Crippen molar-refractivity contribution in [3.63, 3.8) is 0 Å². The molecule has 4 rings (SSSR count). The third kappa shape index (κ3) is 3.21. The molecule has 0 saturated carbocycles. The smallest absolute Gasteiger partial charge is 0.274 e. The quantitative estimate of drug-likeness (QED) is 0.558. The first kappa shape index (κ1) is 18.9. The molecule has 148 valence electrons. The molecule has 0 spiro atoms. The van der Waals surface area contributed by atoms with E-state index in [1.807, 2.05) is 31.2 Å². The Morgan fingerprint density at radius 3 is 2.52 bits per heavy atom. The monoisotopic (exact) mass is 412 g/mol. The molecule has 0 aliphatic rings. The number of halogens is 1. The van der Waals surface area contributed by atoms with E-state index in [2.05, 4.69) is 4.98 Å². The number of imidazole rings is 1. The number of aromatic hydroxyl groups is 1. The first-order valence-corrected chi connectivity index (χ1v) is 9.49. The summed E-state index contributed by atoms with van der Waals surface area (Å²) in [5.41, 5.74) is 2.50. The molecule has 0 aliphatic carbocycles. The average molecular weight is 412 g/mol. The molecule has 0 radical (unpaired) electrons. The molecule has 29 heavy (non-hydrogen) atoms. The fraction of sp³-hybridized carbons (Fsp3) is 0.143. The number of benzene rings is 2. The van der Waals surface area contributed by atoms with Gasteiger partial charge in [0.2, 0.25) is 0 Å². The molecule has 0 bridgehead atoms. The molecule has 6 nitrogen and oxygen atoms in total. The summed E-state index contributed by atoms with van der Waals surface area (Å²) in [6, 6.07) is 10.1. The Morgan fingerprint density at radius 1 is 1.17 bits per heavy atom. The molecule has 2 aromatic carbocycles. The SMILES string of the molecule is COc1ccc(-c2nc3sc(=Cc4cc(F)c(O)c(OC)c4)c(=O)n3c2C)cc1. The van der Waals surface area contributed by atoms with E-state index in [-0.39, 0.29) is 11.3 Å². The summed E-state index contributed by atoms with van der Waals surface area (Å²) in [6.45, 7) is 1.83. The number of fused-ring (bicyclic) bond motifs is 1. The third-order valence-electron chi connectivity index (χ3n) is 4.62. The number of hydrogen-bond donors (Lipinski definition) is 1. The van der Waals surface area contributed by atoms with Gasteiger partial charge >= 0.3 is 0 Å². The number of thiazole rings is 1. The van der Waals surface area contributed by atoms with Crippen LogP contribution < -0.4 is 19.6 Å². The van der Waals surface area contributed by atoms with Crippen molar-refractivity contribution in [1.29, 1.82) is 0 Å². The van der Waals surface area contributed by atoms with Crippen molar-refractivity contribution in [1.82, 2.24) is 9.38 Å². The number of hydrogen-bond acceptors (Lipinski definition) is 6. The van der Waals surface area contributed by atoms with Gasteiger partial charge in [0.25, 0.3) is 5.56 Å². The van der Waals surface area contributed by atoms with Crippen molar-refractivity contribution in [3.05, 3.63) is 68.4 Å². The maximum atomic E-state index is 13.9. The zero-order chi connectivity index (χ0) is 20.7. The Labute approximate surface area is 169 Å². The highest BCUT2D eigenvalue weighted by atomic mass is 32.1. The highest BCUT2D eigenvalue weighted by Crippen LogP contribution is 2.30. The van der Waals surface area contributed by atoms with Crippen molar-refractivity contribution < 1.29 is 19.0 Å². The molecule has 0 amide bonds. The lowest BCUT2D eigenvalue weighted by Crippen LogP contribution is -2.23. The van der Waals surface area contributed by atoms with Crippen LogP contribution in [0.2, 0.25) is 0 Å². The number of methoxy groups -OCH3 is 2. The number of phenolic OH excluding ortho intramolecular Hbond substituents is 1. The van der Waals surface area contributed by atoms with Gasteiger partial charge in [-0.15, -0.1) is 0 Å². The standard InChI is InChI=1S/C21H17FN2O4S/c1-11-18(13-4-6-14(27-2)7-5-13)23-21-24(11)20(26)17(29-21)10-12-8-15(22)19(25)16(9-12)28-3/h4-10,25H,1-3H3. The van der Waals surface area contributed by atoms with Gasteiger partial charge in [-0.05, 0) is 55.0 Å². The van der Waals surface area contributed by atoms with Crippen molar-refractivity contribution >= 4 is 22.4 Å². The van der Waals surface area contributed by atoms with Crippen LogP contribution in [0.3, 0.4) is 0 Å². The van der Waals surface area contributed by atoms with Crippen LogP contribution in [-0.4, -0.2) is 28.7 Å². The first-order chi connectivity index (χ1) is 13.9. The number of nitrogens with zero attached hydrogens (tertiary/aromatic N) is 2. The van der Waals surface area contributed by atoms with Crippen LogP contribution in [0, 0.1) is 12.7 Å². The largest absolute Gasteiger partial charge is 0.502 e. The number of aryl methyl sites for hydroxylation is 1. The van der Waals surface area contributed by atoms with Gasteiger partial charge in [-0.3, -0.25) is 9.20 Å². The molecule has 0 atom stereocenters. The van der Waals surface area contributed by atoms with E-state index in [0.29, 0.717) is 15.1 Å². The van der Waals surface area contributed by atoms with Gasteiger partial charge in [-0.2, -0.15) is 0 Å². The van der Waals surface area contributed by atoms with Crippen LogP contribution in [0.5, 0.6) is 17.2 Å². The zero-order valence-electron chi connectivity index (χ0n) is 15.9. The summed E-state index contributed by atoms with van der Waals surface area (Å²) in [4.78, 5) is 18.1. The van der Waals surface area contributed by atoms with Gasteiger partial charge in [-0.25, -0.2) is 9.37 Å². The summed E-state index contributed by atoms with van der Waals surface area (Å²) in [5, 5.41) is 9.64. The highest BCUT2D eigenvalue weighted by Gasteiger charge is 2.16. The number of ether oxygens (including phenoxy) is 2. The molecule has 0 aliphatic heterocycles. The van der Waals surface area contributed by atoms with E-state index < -0.39 is 11.6 Å². The summed E-state index contributed by atoms with van der Waals surface area (Å²) < 4.78 is 26.0. The molecule has 2 heterocycles. The van der Waals surface area contributed by atoms with E-state index in [0.717, 1.165) is 28.8 Å². The number of rotatable bonds is 4. The average Bonchev–Trinajstić information content (AvgIpc) is 3.21. The normalized spacial score (nSPS) is 11.9. The Balaban J connectivity index is 1.83. The van der Waals surface area contributed by atoms with Gasteiger partial charge in [0, 0.05) is 5.56 Å². The van der Waals surface area contributed by atoms with Crippen LogP contribution in [0.25, 0.3) is 22.3 Å². The minimum absolute atomic E-state index is 0.00278. The fourth-order valence-electron chi connectivity index (χ4n) is 3.13. The highest BCUT2D eigenvalue weighted by molar-refractivity contribution is 7.15. The topological polar surface area (TPSA) is 73.1 Å². The van der Waals surface area contributed by atoms with Gasteiger partial charge in [0.1, 0.15) is 5.75 Å². The van der Waals surface area contributed by atoms with Crippen molar-refractivity contribution in [3.8, 4) is 28.5 Å². The predicted molar refractivity (Wildman–Crippen MR) is 109 cm³/mol. The molecule has 0 fully saturated rings. The second-order valence-electron chi connectivity index (χ2n) is 6.36. The second-order valence-corrected chi connectivity index (χ2v) is 7.37. The number of phenols is 1. The number of aromatic nitrogens is 2. The van der Waals surface area contributed by atoms with Crippen LogP contribution in [0.1, 0.15) is 11.3 Å². The Bertz CT molecular complexity index is 1330. The molecule has 2 aromatic heterocycles. The first-order valence-electron chi connectivity index (χ1n) is 8.67. The van der Waals surface area contributed by atoms with Crippen LogP contribution in [0.4, 0.5) is 4.39 Å². The van der Waals surface area contributed by atoms with Gasteiger partial charge < -0.3 is 14.6 Å². The van der Waals surface area contributed by atoms with E-state index in [4.69, 9.17) is 9.47 Å². The third-order valence-corrected chi connectivity index (χ3v) is 5.59. The minimum atomic E-state index is -0.817. The molecule has 0 saturated heterocycles. The maximum Gasteiger partial charge on any atom is 0.274 e. The van der Waals surface area contributed by atoms with Gasteiger partial charge in [0.15, 0.2) is 22.3 Å². The Kier molecular flexibility index (Phi) is 4.71. The molecule has 4 aromatic rings. The Morgan fingerprint density at radius 2 is 1.90 bits per heavy atom. The van der Waals surface area contributed by atoms with Crippen LogP contribution >= 0.6 is 11.3 Å². The van der Waals surface area contributed by atoms with Crippen molar-refractivity contribution in [2.24, 2.45) is 0 Å². The summed E-state index contributed by atoms with van der Waals surface area (Å²) in [6.07, 6.45) is 1.55. The molecule has 0 unspecified atom stereocenters. The lowest BCUT2D eigenvalue weighted by atomic mass is 10.1. The van der Waals surface area contributed by atoms with Gasteiger partial charge in [0.05, 0.1) is 30.1 Å². The summed E-state index contributed by atoms with van der Waals surface area (Å²) >= 11 is 1.21. The van der Waals surface area contributed by atoms with E-state index in [1.54, 1.807) is 17.6 Å². The molecular formula is C21H17FN2O4S. The van der Waals surface area contributed by atoms with E-state index >= 15 is 0 Å². The van der Waals surface area contributed by atoms with Crippen molar-refractivity contribution in [2.45, 2.75) is 6.92 Å². The molecular weight excluding hydrogens is 395 g/mol. The molecule has 1 N–H and O–H groups in total. The van der Waals surface area contributed by atoms with Gasteiger partial charge in [-0.1, -0.05) is 11.3 Å². The lowest BCUT2D eigenvalue weighted by Gasteiger charge is -2.05. The predicted octanol–water partition coefficient (Wildman–Crippen LogP) is 3.14. The van der Waals surface area contributed by atoms with E-state index in [9.17, 15) is 14.3 Å². The minimum Gasteiger partial charge on any atom is -0.502 e.